The fourth-order valence-corrected chi connectivity index (χ4v) is 3.49. The number of amides is 2. The first-order chi connectivity index (χ1) is 11.7. The summed E-state index contributed by atoms with van der Waals surface area (Å²) in [5, 5.41) is 2.78. The molecule has 1 aromatic rings. The van der Waals surface area contributed by atoms with E-state index in [1.54, 1.807) is 0 Å². The van der Waals surface area contributed by atoms with Crippen molar-refractivity contribution in [1.82, 2.24) is 10.2 Å². The van der Waals surface area contributed by atoms with Crippen molar-refractivity contribution in [2.24, 2.45) is 0 Å². The molecule has 1 fully saturated rings. The number of nitrogens with one attached hydrogen (secondary N) is 1. The van der Waals surface area contributed by atoms with Gasteiger partial charge in [0.15, 0.2) is 0 Å². The number of nitrogens with zero attached hydrogens (tertiary/aromatic N) is 1. The van der Waals surface area contributed by atoms with E-state index in [1.807, 2.05) is 49.9 Å². The first kappa shape index (κ1) is 20.0. The monoisotopic (exact) mass is 458 g/mol. The molecule has 1 aliphatic heterocycles. The predicted octanol–water partition coefficient (Wildman–Crippen LogP) is 3.74. The average molecular weight is 458 g/mol. The second-order valence-corrected chi connectivity index (χ2v) is 8.66. The van der Waals surface area contributed by atoms with Crippen LogP contribution < -0.4 is 5.32 Å². The quantitative estimate of drug-likeness (QED) is 0.700. The summed E-state index contributed by atoms with van der Waals surface area (Å²) in [6.45, 7) is 6.96. The van der Waals surface area contributed by atoms with E-state index in [0.29, 0.717) is 6.42 Å². The highest BCUT2D eigenvalue weighted by atomic mass is 127. The third-order valence-electron chi connectivity index (χ3n) is 3.99. The lowest BCUT2D eigenvalue weighted by molar-refractivity contribution is -0.134. The number of alkyl carbamates (subject to hydrolysis) is 1. The standard InChI is InChI=1S/C19H27IN2O3/c1-19(2,3)25-18(24)21-16(13-14-8-7-9-15(20)12-14)17(23)22-10-5-4-6-11-22/h7-9,12,16H,4-6,10-11,13H2,1-3H3,(H,21,24)/t16-/m0/s1. The number of rotatable bonds is 4. The summed E-state index contributed by atoms with van der Waals surface area (Å²) >= 11 is 2.25. The van der Waals surface area contributed by atoms with Gasteiger partial charge in [-0.3, -0.25) is 4.79 Å². The van der Waals surface area contributed by atoms with E-state index < -0.39 is 17.7 Å². The molecule has 25 heavy (non-hydrogen) atoms. The third kappa shape index (κ3) is 6.84. The molecule has 2 amide bonds. The van der Waals surface area contributed by atoms with Crippen LogP contribution in [0.25, 0.3) is 0 Å². The van der Waals surface area contributed by atoms with Gasteiger partial charge in [0.2, 0.25) is 5.91 Å². The molecule has 0 aliphatic carbocycles. The Labute approximate surface area is 163 Å². The van der Waals surface area contributed by atoms with Gasteiger partial charge in [0.1, 0.15) is 11.6 Å². The summed E-state index contributed by atoms with van der Waals surface area (Å²) in [6.07, 6.45) is 3.12. The molecular weight excluding hydrogens is 431 g/mol. The third-order valence-corrected chi connectivity index (χ3v) is 4.66. The molecule has 0 unspecified atom stereocenters. The van der Waals surface area contributed by atoms with Gasteiger partial charge in [-0.1, -0.05) is 12.1 Å². The maximum absolute atomic E-state index is 12.9. The summed E-state index contributed by atoms with van der Waals surface area (Å²) in [7, 11) is 0. The number of halogens is 1. The molecule has 5 nitrogen and oxygen atoms in total. The Bertz CT molecular complexity index is 607. The van der Waals surface area contributed by atoms with Crippen LogP contribution in [0.15, 0.2) is 24.3 Å². The molecule has 138 valence electrons. The van der Waals surface area contributed by atoms with E-state index in [2.05, 4.69) is 27.9 Å². The molecule has 0 spiro atoms. The first-order valence-electron chi connectivity index (χ1n) is 8.77. The molecule has 1 N–H and O–H groups in total. The Morgan fingerprint density at radius 2 is 1.92 bits per heavy atom. The normalized spacial score (nSPS) is 16.2. The Balaban J connectivity index is 2.12. The van der Waals surface area contributed by atoms with Crippen molar-refractivity contribution in [1.29, 1.82) is 0 Å². The minimum Gasteiger partial charge on any atom is -0.444 e. The number of carbonyl (C=O) groups excluding carboxylic acids is 2. The van der Waals surface area contributed by atoms with Gasteiger partial charge in [-0.15, -0.1) is 0 Å². The molecule has 1 heterocycles. The van der Waals surface area contributed by atoms with Gasteiger partial charge in [0, 0.05) is 23.1 Å². The SMILES string of the molecule is CC(C)(C)OC(=O)N[C@@H](Cc1cccc(I)c1)C(=O)N1CCCCC1. The second-order valence-electron chi connectivity index (χ2n) is 7.42. The minimum atomic E-state index is -0.605. The van der Waals surface area contributed by atoms with E-state index >= 15 is 0 Å². The zero-order valence-corrected chi connectivity index (χ0v) is 17.3. The van der Waals surface area contributed by atoms with Gasteiger partial charge in [-0.2, -0.15) is 0 Å². The van der Waals surface area contributed by atoms with Crippen LogP contribution in [0.5, 0.6) is 0 Å². The number of piperidine rings is 1. The Morgan fingerprint density at radius 1 is 1.24 bits per heavy atom. The van der Waals surface area contributed by atoms with Gasteiger partial charge in [-0.25, -0.2) is 4.79 Å². The average Bonchev–Trinajstić information content (AvgIpc) is 2.52. The zero-order valence-electron chi connectivity index (χ0n) is 15.2. The van der Waals surface area contributed by atoms with Crippen LogP contribution in [0.2, 0.25) is 0 Å². The highest BCUT2D eigenvalue weighted by molar-refractivity contribution is 14.1. The molecule has 6 heteroatoms. The Hall–Kier alpha value is -1.31. The number of benzene rings is 1. The van der Waals surface area contributed by atoms with Crippen molar-refractivity contribution in [3.05, 3.63) is 33.4 Å². The van der Waals surface area contributed by atoms with Crippen LogP contribution in [0.3, 0.4) is 0 Å². The van der Waals surface area contributed by atoms with E-state index in [0.717, 1.165) is 41.5 Å². The molecule has 1 saturated heterocycles. The lowest BCUT2D eigenvalue weighted by Crippen LogP contribution is -2.51. The van der Waals surface area contributed by atoms with E-state index in [4.69, 9.17) is 4.74 Å². The maximum Gasteiger partial charge on any atom is 0.408 e. The molecule has 1 aliphatic rings. The van der Waals surface area contributed by atoms with Crippen LogP contribution in [-0.4, -0.2) is 41.6 Å². The number of hydrogen-bond donors (Lipinski definition) is 1. The molecule has 1 atom stereocenters. The minimum absolute atomic E-state index is 0.0237. The summed E-state index contributed by atoms with van der Waals surface area (Å²) in [5.74, 6) is -0.0237. The predicted molar refractivity (Wildman–Crippen MR) is 106 cm³/mol. The highest BCUT2D eigenvalue weighted by Crippen LogP contribution is 2.15. The number of carbonyl (C=O) groups is 2. The zero-order chi connectivity index (χ0) is 18.4. The van der Waals surface area contributed by atoms with Gasteiger partial charge in [0.05, 0.1) is 0 Å². The molecule has 2 rings (SSSR count). The summed E-state index contributed by atoms with van der Waals surface area (Å²) in [5.41, 5.74) is 0.434. The molecule has 0 saturated carbocycles. The van der Waals surface area contributed by atoms with Crippen LogP contribution in [-0.2, 0) is 16.0 Å². The molecule has 1 aromatic carbocycles. The van der Waals surface area contributed by atoms with Gasteiger partial charge in [0.25, 0.3) is 0 Å². The highest BCUT2D eigenvalue weighted by Gasteiger charge is 2.29. The fraction of sp³-hybridized carbons (Fsp3) is 0.579. The van der Waals surface area contributed by atoms with Crippen molar-refractivity contribution in [3.8, 4) is 0 Å². The van der Waals surface area contributed by atoms with Crippen LogP contribution >= 0.6 is 22.6 Å². The molecule has 0 aromatic heterocycles. The Kier molecular flexibility index (Phi) is 7.10. The maximum atomic E-state index is 12.9. The van der Waals surface area contributed by atoms with E-state index in [-0.39, 0.29) is 5.91 Å². The molecular formula is C19H27IN2O3. The van der Waals surface area contributed by atoms with Crippen LogP contribution in [0.1, 0.15) is 45.6 Å². The summed E-state index contributed by atoms with van der Waals surface area (Å²) < 4.78 is 6.45. The van der Waals surface area contributed by atoms with Gasteiger partial charge >= 0.3 is 6.09 Å². The Morgan fingerprint density at radius 3 is 2.52 bits per heavy atom. The fourth-order valence-electron chi connectivity index (χ4n) is 2.88. The van der Waals surface area contributed by atoms with Crippen LogP contribution in [0, 0.1) is 3.57 Å². The first-order valence-corrected chi connectivity index (χ1v) is 9.85. The lowest BCUT2D eigenvalue weighted by atomic mass is 10.0. The van der Waals surface area contributed by atoms with E-state index in [1.165, 1.54) is 0 Å². The topological polar surface area (TPSA) is 58.6 Å². The molecule has 0 bridgehead atoms. The number of likely N-dealkylation sites (tertiary alicyclic amines) is 1. The van der Waals surface area contributed by atoms with Crippen molar-refractivity contribution in [2.45, 2.75) is 58.1 Å². The molecule has 0 radical (unpaired) electrons. The van der Waals surface area contributed by atoms with Crippen molar-refractivity contribution >= 4 is 34.6 Å². The van der Waals surface area contributed by atoms with Crippen molar-refractivity contribution in [3.63, 3.8) is 0 Å². The van der Waals surface area contributed by atoms with E-state index in [9.17, 15) is 9.59 Å². The summed E-state index contributed by atoms with van der Waals surface area (Å²) in [4.78, 5) is 27.0. The second kappa shape index (κ2) is 8.87. The van der Waals surface area contributed by atoms with Gasteiger partial charge < -0.3 is 15.0 Å². The largest absolute Gasteiger partial charge is 0.444 e. The summed E-state index contributed by atoms with van der Waals surface area (Å²) in [6, 6.07) is 7.38. The van der Waals surface area contributed by atoms with Gasteiger partial charge in [-0.05, 0) is 80.3 Å². The smallest absolute Gasteiger partial charge is 0.408 e. The van der Waals surface area contributed by atoms with Crippen LogP contribution in [0.4, 0.5) is 4.79 Å². The lowest BCUT2D eigenvalue weighted by Gasteiger charge is -2.31. The number of ether oxygens (including phenoxy) is 1. The van der Waals surface area contributed by atoms with Crippen molar-refractivity contribution < 1.29 is 14.3 Å². The van der Waals surface area contributed by atoms with Crippen molar-refractivity contribution in [2.75, 3.05) is 13.1 Å². The number of hydrogen-bond acceptors (Lipinski definition) is 3.